The highest BCUT2D eigenvalue weighted by molar-refractivity contribution is 9.10. The fraction of sp³-hybridized carbons (Fsp3) is 0.133. The molecule has 0 aromatic heterocycles. The van der Waals surface area contributed by atoms with E-state index in [0.29, 0.717) is 23.6 Å². The summed E-state index contributed by atoms with van der Waals surface area (Å²) in [5.41, 5.74) is 8.19. The summed E-state index contributed by atoms with van der Waals surface area (Å²) < 4.78 is 0.757. The van der Waals surface area contributed by atoms with Crippen LogP contribution in [-0.2, 0) is 11.2 Å². The number of hydrogen-bond donors (Lipinski definition) is 2. The van der Waals surface area contributed by atoms with Crippen molar-refractivity contribution in [1.29, 1.82) is 0 Å². The maximum absolute atomic E-state index is 11.9. The monoisotopic (exact) mass is 352 g/mol. The summed E-state index contributed by atoms with van der Waals surface area (Å²) >= 11 is 9.22. The molecule has 3 N–H and O–H groups in total. The van der Waals surface area contributed by atoms with Crippen molar-refractivity contribution in [3.8, 4) is 0 Å². The van der Waals surface area contributed by atoms with Crippen LogP contribution >= 0.6 is 27.5 Å². The van der Waals surface area contributed by atoms with E-state index in [4.69, 9.17) is 17.3 Å². The number of anilines is 2. The van der Waals surface area contributed by atoms with Crippen LogP contribution in [0.1, 0.15) is 12.0 Å². The van der Waals surface area contributed by atoms with Crippen LogP contribution in [0.4, 0.5) is 11.4 Å². The van der Waals surface area contributed by atoms with Gasteiger partial charge < -0.3 is 11.1 Å². The standard InChI is InChI=1S/C15H14BrClN2O/c16-13-9-12(5-6-14(13)17)19-15(20)7-4-10-2-1-3-11(18)8-10/h1-3,5-6,8-9H,4,7,18H2,(H,19,20). The van der Waals surface area contributed by atoms with E-state index in [1.54, 1.807) is 18.2 Å². The molecule has 2 aromatic carbocycles. The highest BCUT2D eigenvalue weighted by atomic mass is 79.9. The van der Waals surface area contributed by atoms with Crippen molar-refractivity contribution in [3.63, 3.8) is 0 Å². The van der Waals surface area contributed by atoms with Gasteiger partial charge in [-0.2, -0.15) is 0 Å². The first-order valence-electron chi connectivity index (χ1n) is 6.14. The number of nitrogen functional groups attached to an aromatic ring is 1. The van der Waals surface area contributed by atoms with E-state index in [0.717, 1.165) is 15.7 Å². The lowest BCUT2D eigenvalue weighted by Crippen LogP contribution is -2.12. The number of halogens is 2. The van der Waals surface area contributed by atoms with Crippen LogP contribution in [0.5, 0.6) is 0 Å². The quantitative estimate of drug-likeness (QED) is 0.807. The molecule has 5 heteroatoms. The second-order valence-electron chi connectivity index (χ2n) is 4.42. The van der Waals surface area contributed by atoms with E-state index in [1.807, 2.05) is 24.3 Å². The summed E-state index contributed by atoms with van der Waals surface area (Å²) in [4.78, 5) is 11.9. The molecule has 0 aliphatic carbocycles. The normalized spacial score (nSPS) is 10.3. The lowest BCUT2D eigenvalue weighted by atomic mass is 10.1. The van der Waals surface area contributed by atoms with Crippen LogP contribution in [0, 0.1) is 0 Å². The molecule has 2 rings (SSSR count). The van der Waals surface area contributed by atoms with Gasteiger partial charge in [0.25, 0.3) is 0 Å². The highest BCUT2D eigenvalue weighted by Gasteiger charge is 2.05. The zero-order valence-electron chi connectivity index (χ0n) is 10.7. The number of nitrogens with one attached hydrogen (secondary N) is 1. The van der Waals surface area contributed by atoms with Gasteiger partial charge in [0.2, 0.25) is 5.91 Å². The third-order valence-electron chi connectivity index (χ3n) is 2.80. The van der Waals surface area contributed by atoms with Gasteiger partial charge in [0, 0.05) is 22.3 Å². The molecule has 3 nitrogen and oxygen atoms in total. The van der Waals surface area contributed by atoms with Crippen LogP contribution in [0.2, 0.25) is 5.02 Å². The topological polar surface area (TPSA) is 55.1 Å². The number of carbonyl (C=O) groups excluding carboxylic acids is 1. The molecule has 1 amide bonds. The molecule has 0 radical (unpaired) electrons. The summed E-state index contributed by atoms with van der Waals surface area (Å²) in [7, 11) is 0. The molecule has 0 saturated heterocycles. The Morgan fingerprint density at radius 2 is 2.05 bits per heavy atom. The number of benzene rings is 2. The van der Waals surface area contributed by atoms with Crippen molar-refractivity contribution in [2.75, 3.05) is 11.1 Å². The SMILES string of the molecule is Nc1cccc(CCC(=O)Nc2ccc(Cl)c(Br)c2)c1. The lowest BCUT2D eigenvalue weighted by molar-refractivity contribution is -0.116. The first kappa shape index (κ1) is 14.9. The zero-order valence-corrected chi connectivity index (χ0v) is 13.0. The Bertz CT molecular complexity index is 631. The molecule has 0 saturated carbocycles. The fourth-order valence-corrected chi connectivity index (χ4v) is 2.30. The predicted octanol–water partition coefficient (Wildman–Crippen LogP) is 4.26. The second-order valence-corrected chi connectivity index (χ2v) is 5.68. The molecule has 0 aliphatic heterocycles. The number of nitrogens with two attached hydrogens (primary N) is 1. The van der Waals surface area contributed by atoms with Gasteiger partial charge >= 0.3 is 0 Å². The van der Waals surface area contributed by atoms with E-state index in [-0.39, 0.29) is 5.91 Å². The molecule has 20 heavy (non-hydrogen) atoms. The van der Waals surface area contributed by atoms with E-state index >= 15 is 0 Å². The minimum absolute atomic E-state index is 0.0401. The average Bonchev–Trinajstić information content (AvgIpc) is 2.41. The molecule has 0 atom stereocenters. The van der Waals surface area contributed by atoms with Gasteiger partial charge in [-0.3, -0.25) is 4.79 Å². The molecule has 0 heterocycles. The van der Waals surface area contributed by atoms with Gasteiger partial charge in [0.05, 0.1) is 5.02 Å². The summed E-state index contributed by atoms with van der Waals surface area (Å²) in [5, 5.41) is 3.45. The molecule has 0 aliphatic rings. The summed E-state index contributed by atoms with van der Waals surface area (Å²) in [6, 6.07) is 12.8. The van der Waals surface area contributed by atoms with E-state index < -0.39 is 0 Å². The Balaban J connectivity index is 1.91. The van der Waals surface area contributed by atoms with Gasteiger partial charge in [-0.1, -0.05) is 23.7 Å². The molecule has 2 aromatic rings. The maximum atomic E-state index is 11.9. The van der Waals surface area contributed by atoms with Crippen LogP contribution < -0.4 is 11.1 Å². The van der Waals surface area contributed by atoms with Gasteiger partial charge in [-0.15, -0.1) is 0 Å². The van der Waals surface area contributed by atoms with Crippen molar-refractivity contribution in [2.24, 2.45) is 0 Å². The molecule has 104 valence electrons. The zero-order chi connectivity index (χ0) is 14.5. The van der Waals surface area contributed by atoms with Crippen molar-refractivity contribution in [1.82, 2.24) is 0 Å². The second kappa shape index (κ2) is 6.77. The van der Waals surface area contributed by atoms with Gasteiger partial charge in [0.1, 0.15) is 0 Å². The third-order valence-corrected chi connectivity index (χ3v) is 4.01. The van der Waals surface area contributed by atoms with Gasteiger partial charge in [-0.25, -0.2) is 0 Å². The first-order chi connectivity index (χ1) is 9.54. The third kappa shape index (κ3) is 4.25. The summed E-state index contributed by atoms with van der Waals surface area (Å²) in [5.74, 6) is -0.0401. The summed E-state index contributed by atoms with van der Waals surface area (Å²) in [6.07, 6.45) is 1.06. The van der Waals surface area contributed by atoms with Gasteiger partial charge in [-0.05, 0) is 58.2 Å². The van der Waals surface area contributed by atoms with Gasteiger partial charge in [0.15, 0.2) is 0 Å². The molecule has 0 spiro atoms. The minimum atomic E-state index is -0.0401. The Morgan fingerprint density at radius 1 is 1.25 bits per heavy atom. The number of hydrogen-bond acceptors (Lipinski definition) is 2. The van der Waals surface area contributed by atoms with Crippen molar-refractivity contribution >= 4 is 44.8 Å². The van der Waals surface area contributed by atoms with Crippen molar-refractivity contribution in [3.05, 3.63) is 57.5 Å². The van der Waals surface area contributed by atoms with Crippen LogP contribution in [0.15, 0.2) is 46.9 Å². The average molecular weight is 354 g/mol. The Labute approximate surface area is 131 Å². The van der Waals surface area contributed by atoms with Crippen molar-refractivity contribution in [2.45, 2.75) is 12.8 Å². The first-order valence-corrected chi connectivity index (χ1v) is 7.31. The smallest absolute Gasteiger partial charge is 0.224 e. The van der Waals surface area contributed by atoms with E-state index in [2.05, 4.69) is 21.2 Å². The Hall–Kier alpha value is -1.52. The number of rotatable bonds is 4. The largest absolute Gasteiger partial charge is 0.399 e. The Morgan fingerprint density at radius 3 is 2.75 bits per heavy atom. The van der Waals surface area contributed by atoms with E-state index in [9.17, 15) is 4.79 Å². The molecule has 0 bridgehead atoms. The van der Waals surface area contributed by atoms with Crippen LogP contribution in [-0.4, -0.2) is 5.91 Å². The predicted molar refractivity (Wildman–Crippen MR) is 87.0 cm³/mol. The maximum Gasteiger partial charge on any atom is 0.224 e. The molecule has 0 unspecified atom stereocenters. The number of aryl methyl sites for hydroxylation is 1. The molecular weight excluding hydrogens is 340 g/mol. The minimum Gasteiger partial charge on any atom is -0.399 e. The highest BCUT2D eigenvalue weighted by Crippen LogP contribution is 2.25. The number of amides is 1. The number of carbonyl (C=O) groups is 1. The fourth-order valence-electron chi connectivity index (χ4n) is 1.80. The Kier molecular flexibility index (Phi) is 5.04. The lowest BCUT2D eigenvalue weighted by Gasteiger charge is -2.07. The summed E-state index contributed by atoms with van der Waals surface area (Å²) in [6.45, 7) is 0. The van der Waals surface area contributed by atoms with Crippen molar-refractivity contribution < 1.29 is 4.79 Å². The van der Waals surface area contributed by atoms with E-state index in [1.165, 1.54) is 0 Å². The van der Waals surface area contributed by atoms with Crippen LogP contribution in [0.25, 0.3) is 0 Å². The molecular formula is C15H14BrClN2O. The molecule has 0 fully saturated rings. The van der Waals surface area contributed by atoms with Crippen LogP contribution in [0.3, 0.4) is 0 Å².